The lowest BCUT2D eigenvalue weighted by molar-refractivity contribution is -0.122. The van der Waals surface area contributed by atoms with Gasteiger partial charge in [0.2, 0.25) is 0 Å². The van der Waals surface area contributed by atoms with Crippen molar-refractivity contribution in [2.75, 3.05) is 4.90 Å². The summed E-state index contributed by atoms with van der Waals surface area (Å²) < 4.78 is 0. The molecule has 3 rings (SSSR count). The number of aryl methyl sites for hydroxylation is 2. The second-order valence-corrected chi connectivity index (χ2v) is 6.53. The fraction of sp³-hybridized carbons (Fsp3) is 0.136. The number of anilines is 1. The van der Waals surface area contributed by atoms with Gasteiger partial charge in [0, 0.05) is 0 Å². The molecule has 1 aliphatic heterocycles. The minimum atomic E-state index is -0.741. The van der Waals surface area contributed by atoms with Gasteiger partial charge in [-0.15, -0.1) is 0 Å². The Balaban J connectivity index is 1.97. The van der Waals surface area contributed by atoms with Gasteiger partial charge in [-0.3, -0.25) is 14.9 Å². The van der Waals surface area contributed by atoms with Gasteiger partial charge < -0.3 is 0 Å². The molecule has 1 aliphatic rings. The predicted octanol–water partition coefficient (Wildman–Crippen LogP) is 3.92. The van der Waals surface area contributed by atoms with Crippen LogP contribution in [-0.4, -0.2) is 17.8 Å². The fourth-order valence-electron chi connectivity index (χ4n) is 2.84. The first-order valence-electron chi connectivity index (χ1n) is 8.59. The number of barbiturate groups is 1. The van der Waals surface area contributed by atoms with E-state index in [4.69, 9.17) is 0 Å². The van der Waals surface area contributed by atoms with Crippen LogP contribution in [0.1, 0.15) is 23.6 Å². The van der Waals surface area contributed by atoms with Crippen LogP contribution in [0.4, 0.5) is 10.5 Å². The Morgan fingerprint density at radius 2 is 1.67 bits per heavy atom. The van der Waals surface area contributed by atoms with Gasteiger partial charge in [0.15, 0.2) is 0 Å². The third-order valence-electron chi connectivity index (χ3n) is 4.42. The summed E-state index contributed by atoms with van der Waals surface area (Å²) in [5.41, 5.74) is 4.06. The normalized spacial score (nSPS) is 16.7. The lowest BCUT2D eigenvalue weighted by Gasteiger charge is -2.26. The smallest absolute Gasteiger partial charge is 0.273 e. The highest BCUT2D eigenvalue weighted by Gasteiger charge is 2.36. The first-order chi connectivity index (χ1) is 12.9. The van der Waals surface area contributed by atoms with E-state index in [1.807, 2.05) is 56.3 Å². The van der Waals surface area contributed by atoms with Gasteiger partial charge in [0.1, 0.15) is 5.57 Å². The van der Waals surface area contributed by atoms with Crippen LogP contribution >= 0.6 is 0 Å². The van der Waals surface area contributed by atoms with Crippen molar-refractivity contribution in [3.8, 4) is 0 Å². The van der Waals surface area contributed by atoms with Gasteiger partial charge >= 0.3 is 6.03 Å². The van der Waals surface area contributed by atoms with Gasteiger partial charge in [-0.05, 0) is 61.2 Å². The zero-order chi connectivity index (χ0) is 19.6. The Kier molecular flexibility index (Phi) is 5.03. The number of hydrogen-bond donors (Lipinski definition) is 1. The van der Waals surface area contributed by atoms with Crippen LogP contribution in [-0.2, 0) is 9.59 Å². The molecule has 27 heavy (non-hydrogen) atoms. The monoisotopic (exact) mass is 360 g/mol. The van der Waals surface area contributed by atoms with Gasteiger partial charge in [0.05, 0.1) is 5.69 Å². The van der Waals surface area contributed by atoms with Crippen molar-refractivity contribution < 1.29 is 14.4 Å². The third kappa shape index (κ3) is 3.87. The number of nitrogens with zero attached hydrogens (tertiary/aromatic N) is 1. The van der Waals surface area contributed by atoms with E-state index in [9.17, 15) is 14.4 Å². The number of imide groups is 2. The summed E-state index contributed by atoms with van der Waals surface area (Å²) in [5, 5.41) is 2.24. The lowest BCUT2D eigenvalue weighted by atomic mass is 10.0. The van der Waals surface area contributed by atoms with E-state index >= 15 is 0 Å². The molecule has 1 fully saturated rings. The van der Waals surface area contributed by atoms with Gasteiger partial charge in [-0.25, -0.2) is 9.69 Å². The fourth-order valence-corrected chi connectivity index (χ4v) is 2.84. The van der Waals surface area contributed by atoms with Crippen molar-refractivity contribution >= 4 is 29.6 Å². The number of allylic oxidation sites excluding steroid dienone is 2. The first-order valence-corrected chi connectivity index (χ1v) is 8.59. The number of benzene rings is 2. The molecule has 5 nitrogen and oxygen atoms in total. The van der Waals surface area contributed by atoms with Gasteiger partial charge in [-0.1, -0.05) is 42.5 Å². The van der Waals surface area contributed by atoms with Crippen LogP contribution in [0.5, 0.6) is 0 Å². The quantitative estimate of drug-likeness (QED) is 0.666. The number of rotatable bonds is 3. The molecule has 0 atom stereocenters. The minimum absolute atomic E-state index is 0.0718. The van der Waals surface area contributed by atoms with Crippen LogP contribution < -0.4 is 10.2 Å². The Morgan fingerprint density at radius 3 is 2.33 bits per heavy atom. The molecular weight excluding hydrogens is 340 g/mol. The van der Waals surface area contributed by atoms with Crippen LogP contribution in [0, 0.1) is 13.8 Å². The summed E-state index contributed by atoms with van der Waals surface area (Å²) in [5.74, 6) is -1.32. The average Bonchev–Trinajstić information content (AvgIpc) is 2.62. The maximum atomic E-state index is 12.9. The Bertz CT molecular complexity index is 988. The SMILES string of the molecule is CC(=C\c1ccccc1)/C=C1\C(=O)NC(=O)N(c2ccc(C)c(C)c2)C1=O. The standard InChI is InChI=1S/C22H20N2O3/c1-14(11-17-7-5-4-6-8-17)12-19-20(25)23-22(27)24(21(19)26)18-10-9-15(2)16(3)13-18/h4-13H,1-3H3,(H,23,25,27)/b14-11+,19-12+. The molecule has 0 saturated carbocycles. The van der Waals surface area contributed by atoms with Gasteiger partial charge in [0.25, 0.3) is 11.8 Å². The summed E-state index contributed by atoms with van der Waals surface area (Å²) >= 11 is 0. The Hall–Kier alpha value is -3.47. The van der Waals surface area contributed by atoms with E-state index in [2.05, 4.69) is 5.32 Å². The second kappa shape index (κ2) is 7.41. The molecule has 2 aromatic carbocycles. The van der Waals surface area contributed by atoms with Gasteiger partial charge in [-0.2, -0.15) is 0 Å². The van der Waals surface area contributed by atoms with E-state index in [0.29, 0.717) is 5.69 Å². The van der Waals surface area contributed by atoms with E-state index in [-0.39, 0.29) is 5.57 Å². The molecule has 5 heteroatoms. The molecule has 1 heterocycles. The van der Waals surface area contributed by atoms with Crippen molar-refractivity contribution in [3.05, 3.63) is 82.4 Å². The Labute approximate surface area is 158 Å². The number of carbonyl (C=O) groups excluding carboxylic acids is 3. The maximum Gasteiger partial charge on any atom is 0.335 e. The number of nitrogens with one attached hydrogen (secondary N) is 1. The van der Waals surface area contributed by atoms with Crippen LogP contribution in [0.2, 0.25) is 0 Å². The number of hydrogen-bond acceptors (Lipinski definition) is 3. The third-order valence-corrected chi connectivity index (χ3v) is 4.42. The van der Waals surface area contributed by atoms with E-state index in [1.54, 1.807) is 19.1 Å². The number of carbonyl (C=O) groups is 3. The number of urea groups is 1. The molecule has 0 aromatic heterocycles. The van der Waals surface area contributed by atoms with Crippen LogP contribution in [0.25, 0.3) is 6.08 Å². The second-order valence-electron chi connectivity index (χ2n) is 6.53. The maximum absolute atomic E-state index is 12.9. The van der Waals surface area contributed by atoms with Crippen LogP contribution in [0.3, 0.4) is 0 Å². The van der Waals surface area contributed by atoms with Crippen molar-refractivity contribution in [3.63, 3.8) is 0 Å². The van der Waals surface area contributed by atoms with Crippen molar-refractivity contribution in [2.45, 2.75) is 20.8 Å². The van der Waals surface area contributed by atoms with Crippen molar-refractivity contribution in [1.82, 2.24) is 5.32 Å². The molecule has 0 radical (unpaired) electrons. The molecule has 0 aliphatic carbocycles. The molecule has 1 saturated heterocycles. The number of amides is 4. The molecule has 4 amide bonds. The summed E-state index contributed by atoms with van der Waals surface area (Å²) in [6, 6.07) is 14.1. The molecule has 2 aromatic rings. The highest BCUT2D eigenvalue weighted by Crippen LogP contribution is 2.24. The largest absolute Gasteiger partial charge is 0.335 e. The van der Waals surface area contributed by atoms with Crippen molar-refractivity contribution in [2.24, 2.45) is 0 Å². The zero-order valence-electron chi connectivity index (χ0n) is 15.4. The summed E-state index contributed by atoms with van der Waals surface area (Å²) in [7, 11) is 0. The summed E-state index contributed by atoms with van der Waals surface area (Å²) in [4.78, 5) is 38.4. The summed E-state index contributed by atoms with van der Waals surface area (Å²) in [6.45, 7) is 5.65. The molecular formula is C22H20N2O3. The van der Waals surface area contributed by atoms with E-state index < -0.39 is 17.8 Å². The zero-order valence-corrected chi connectivity index (χ0v) is 15.4. The molecule has 0 unspecified atom stereocenters. The molecule has 136 valence electrons. The Morgan fingerprint density at radius 1 is 0.963 bits per heavy atom. The topological polar surface area (TPSA) is 66.5 Å². The van der Waals surface area contributed by atoms with Crippen molar-refractivity contribution in [1.29, 1.82) is 0 Å². The minimum Gasteiger partial charge on any atom is -0.273 e. The highest BCUT2D eigenvalue weighted by atomic mass is 16.2. The molecule has 0 bridgehead atoms. The van der Waals surface area contributed by atoms with E-state index in [0.717, 1.165) is 27.2 Å². The highest BCUT2D eigenvalue weighted by molar-refractivity contribution is 6.37. The predicted molar refractivity (Wildman–Crippen MR) is 105 cm³/mol. The average molecular weight is 360 g/mol. The van der Waals surface area contributed by atoms with Crippen LogP contribution in [0.15, 0.2) is 65.8 Å². The van der Waals surface area contributed by atoms with E-state index in [1.165, 1.54) is 6.08 Å². The molecule has 1 N–H and O–H groups in total. The first kappa shape index (κ1) is 18.3. The summed E-state index contributed by atoms with van der Waals surface area (Å²) in [6.07, 6.45) is 3.37. The molecule has 0 spiro atoms. The lowest BCUT2D eigenvalue weighted by Crippen LogP contribution is -2.54.